The lowest BCUT2D eigenvalue weighted by Gasteiger charge is -2.16. The van der Waals surface area contributed by atoms with E-state index in [2.05, 4.69) is 15.9 Å². The molecule has 0 aliphatic rings. The Balaban J connectivity index is 2.20. The third-order valence-electron chi connectivity index (χ3n) is 2.93. The summed E-state index contributed by atoms with van der Waals surface area (Å²) in [5, 5.41) is 1.61. The minimum atomic E-state index is -0.202. The number of alkyl halides is 1. The standard InChI is InChI=1S/C15H13BrClF/c16-10-12(14-3-1-2-4-15(14)17)9-11-5-7-13(18)8-6-11/h1-8,12H,9-10H2. The van der Waals surface area contributed by atoms with Gasteiger partial charge in [-0.1, -0.05) is 57.9 Å². The molecule has 0 aromatic heterocycles. The first-order valence-electron chi connectivity index (χ1n) is 5.75. The summed E-state index contributed by atoms with van der Waals surface area (Å²) >= 11 is 9.73. The SMILES string of the molecule is Fc1ccc(CC(CBr)c2ccccc2Cl)cc1. The molecule has 0 heterocycles. The maximum Gasteiger partial charge on any atom is 0.123 e. The van der Waals surface area contributed by atoms with Crippen LogP contribution in [0.5, 0.6) is 0 Å². The van der Waals surface area contributed by atoms with Gasteiger partial charge in [0, 0.05) is 10.4 Å². The van der Waals surface area contributed by atoms with Crippen LogP contribution in [0.15, 0.2) is 48.5 Å². The highest BCUT2D eigenvalue weighted by Gasteiger charge is 2.13. The number of benzene rings is 2. The van der Waals surface area contributed by atoms with E-state index >= 15 is 0 Å². The van der Waals surface area contributed by atoms with Crippen LogP contribution in [-0.2, 0) is 6.42 Å². The summed E-state index contributed by atoms with van der Waals surface area (Å²) in [6, 6.07) is 14.5. The van der Waals surface area contributed by atoms with Gasteiger partial charge in [0.1, 0.15) is 5.82 Å². The molecule has 0 radical (unpaired) electrons. The van der Waals surface area contributed by atoms with E-state index in [0.29, 0.717) is 5.92 Å². The Morgan fingerprint density at radius 3 is 2.33 bits per heavy atom. The molecule has 0 aliphatic carbocycles. The van der Waals surface area contributed by atoms with Crippen molar-refractivity contribution in [3.63, 3.8) is 0 Å². The van der Waals surface area contributed by atoms with Gasteiger partial charge in [0.15, 0.2) is 0 Å². The maximum atomic E-state index is 12.9. The second kappa shape index (κ2) is 6.35. The highest BCUT2D eigenvalue weighted by Crippen LogP contribution is 2.28. The van der Waals surface area contributed by atoms with Crippen LogP contribution in [0, 0.1) is 5.82 Å². The van der Waals surface area contributed by atoms with Gasteiger partial charge in [0.2, 0.25) is 0 Å². The van der Waals surface area contributed by atoms with E-state index in [9.17, 15) is 4.39 Å². The van der Waals surface area contributed by atoms with Crippen LogP contribution < -0.4 is 0 Å². The fourth-order valence-electron chi connectivity index (χ4n) is 1.96. The molecule has 1 unspecified atom stereocenters. The van der Waals surface area contributed by atoms with Gasteiger partial charge in [-0.15, -0.1) is 0 Å². The predicted molar refractivity (Wildman–Crippen MR) is 78.1 cm³/mol. The van der Waals surface area contributed by atoms with Crippen LogP contribution in [0.4, 0.5) is 4.39 Å². The van der Waals surface area contributed by atoms with Crippen molar-refractivity contribution in [3.8, 4) is 0 Å². The topological polar surface area (TPSA) is 0 Å². The van der Waals surface area contributed by atoms with Crippen LogP contribution in [0.2, 0.25) is 5.02 Å². The van der Waals surface area contributed by atoms with Gasteiger partial charge < -0.3 is 0 Å². The molecule has 0 aliphatic heterocycles. The van der Waals surface area contributed by atoms with E-state index in [-0.39, 0.29) is 5.82 Å². The lowest BCUT2D eigenvalue weighted by molar-refractivity contribution is 0.626. The fourth-order valence-corrected chi connectivity index (χ4v) is 2.83. The van der Waals surface area contributed by atoms with Gasteiger partial charge in [0.05, 0.1) is 0 Å². The summed E-state index contributed by atoms with van der Waals surface area (Å²) in [4.78, 5) is 0. The lowest BCUT2D eigenvalue weighted by Crippen LogP contribution is -2.05. The number of halogens is 3. The summed E-state index contributed by atoms with van der Waals surface area (Å²) in [7, 11) is 0. The van der Waals surface area contributed by atoms with Crippen molar-refractivity contribution >= 4 is 27.5 Å². The molecule has 2 aromatic rings. The summed E-state index contributed by atoms with van der Waals surface area (Å²) < 4.78 is 12.9. The largest absolute Gasteiger partial charge is 0.207 e. The van der Waals surface area contributed by atoms with Crippen molar-refractivity contribution < 1.29 is 4.39 Å². The first kappa shape index (κ1) is 13.6. The molecule has 94 valence electrons. The molecule has 0 fully saturated rings. The molecule has 0 spiro atoms. The summed E-state index contributed by atoms with van der Waals surface area (Å²) in [5.74, 6) is 0.0936. The van der Waals surface area contributed by atoms with Crippen LogP contribution in [0.3, 0.4) is 0 Å². The Morgan fingerprint density at radius 2 is 1.72 bits per heavy atom. The van der Waals surface area contributed by atoms with Crippen LogP contribution in [0.25, 0.3) is 0 Å². The minimum Gasteiger partial charge on any atom is -0.207 e. The zero-order valence-electron chi connectivity index (χ0n) is 9.74. The molecule has 3 heteroatoms. The van der Waals surface area contributed by atoms with Crippen LogP contribution in [0.1, 0.15) is 17.0 Å². The van der Waals surface area contributed by atoms with Crippen molar-refractivity contribution in [2.75, 3.05) is 5.33 Å². The first-order valence-corrected chi connectivity index (χ1v) is 7.25. The molecular formula is C15H13BrClF. The van der Waals surface area contributed by atoms with E-state index < -0.39 is 0 Å². The van der Waals surface area contributed by atoms with Crippen molar-refractivity contribution in [3.05, 3.63) is 70.5 Å². The number of rotatable bonds is 4. The monoisotopic (exact) mass is 326 g/mol. The van der Waals surface area contributed by atoms with Gasteiger partial charge in [-0.3, -0.25) is 0 Å². The second-order valence-electron chi connectivity index (χ2n) is 4.20. The molecule has 2 rings (SSSR count). The minimum absolute atomic E-state index is 0.202. The highest BCUT2D eigenvalue weighted by molar-refractivity contribution is 9.09. The molecule has 0 saturated heterocycles. The van der Waals surface area contributed by atoms with Gasteiger partial charge in [-0.2, -0.15) is 0 Å². The third kappa shape index (κ3) is 3.33. The first-order chi connectivity index (χ1) is 8.70. The van der Waals surface area contributed by atoms with Gasteiger partial charge in [0.25, 0.3) is 0 Å². The quantitative estimate of drug-likeness (QED) is 0.677. The highest BCUT2D eigenvalue weighted by atomic mass is 79.9. The van der Waals surface area contributed by atoms with E-state index in [0.717, 1.165) is 27.9 Å². The van der Waals surface area contributed by atoms with Gasteiger partial charge in [-0.05, 0) is 41.7 Å². The van der Waals surface area contributed by atoms with E-state index in [4.69, 9.17) is 11.6 Å². The molecule has 0 saturated carbocycles. The zero-order chi connectivity index (χ0) is 13.0. The Labute approximate surface area is 120 Å². The van der Waals surface area contributed by atoms with Crippen molar-refractivity contribution in [2.45, 2.75) is 12.3 Å². The Hall–Kier alpha value is -0.860. The molecule has 1 atom stereocenters. The summed E-state index contributed by atoms with van der Waals surface area (Å²) in [6.45, 7) is 0. The molecule has 0 nitrogen and oxygen atoms in total. The second-order valence-corrected chi connectivity index (χ2v) is 5.26. The van der Waals surface area contributed by atoms with Gasteiger partial charge in [-0.25, -0.2) is 4.39 Å². The molecule has 2 aromatic carbocycles. The average molecular weight is 328 g/mol. The molecular weight excluding hydrogens is 315 g/mol. The van der Waals surface area contributed by atoms with E-state index in [1.807, 2.05) is 36.4 Å². The molecule has 18 heavy (non-hydrogen) atoms. The molecule has 0 amide bonds. The third-order valence-corrected chi connectivity index (χ3v) is 4.05. The zero-order valence-corrected chi connectivity index (χ0v) is 12.1. The van der Waals surface area contributed by atoms with E-state index in [1.54, 1.807) is 0 Å². The Bertz CT molecular complexity index is 510. The lowest BCUT2D eigenvalue weighted by atomic mass is 9.94. The predicted octanol–water partition coefficient (Wildman–Crippen LogP) is 5.20. The van der Waals surface area contributed by atoms with Crippen molar-refractivity contribution in [1.29, 1.82) is 0 Å². The summed E-state index contributed by atoms with van der Waals surface area (Å²) in [6.07, 6.45) is 0.843. The maximum absolute atomic E-state index is 12.9. The summed E-state index contributed by atoms with van der Waals surface area (Å²) in [5.41, 5.74) is 2.24. The molecule has 0 bridgehead atoms. The van der Waals surface area contributed by atoms with Crippen molar-refractivity contribution in [1.82, 2.24) is 0 Å². The van der Waals surface area contributed by atoms with E-state index in [1.165, 1.54) is 12.1 Å². The number of hydrogen-bond donors (Lipinski definition) is 0. The van der Waals surface area contributed by atoms with Crippen molar-refractivity contribution in [2.24, 2.45) is 0 Å². The number of hydrogen-bond acceptors (Lipinski definition) is 0. The van der Waals surface area contributed by atoms with Crippen LogP contribution in [-0.4, -0.2) is 5.33 Å². The van der Waals surface area contributed by atoms with Crippen LogP contribution >= 0.6 is 27.5 Å². The Morgan fingerprint density at radius 1 is 1.06 bits per heavy atom. The normalized spacial score (nSPS) is 12.4. The smallest absolute Gasteiger partial charge is 0.123 e. The molecule has 0 N–H and O–H groups in total. The average Bonchev–Trinajstić information content (AvgIpc) is 2.39. The fraction of sp³-hybridized carbons (Fsp3) is 0.200. The Kier molecular flexibility index (Phi) is 4.79. The van der Waals surface area contributed by atoms with Gasteiger partial charge >= 0.3 is 0 Å².